The van der Waals surface area contributed by atoms with Crippen LogP contribution in [-0.2, 0) is 6.61 Å². The summed E-state index contributed by atoms with van der Waals surface area (Å²) in [6.45, 7) is 2.54. The zero-order chi connectivity index (χ0) is 13.2. The fourth-order valence-electron chi connectivity index (χ4n) is 2.67. The molecule has 1 aliphatic carbocycles. The van der Waals surface area contributed by atoms with Crippen LogP contribution in [0.15, 0.2) is 12.1 Å². The summed E-state index contributed by atoms with van der Waals surface area (Å²) in [5.74, 6) is 0.852. The van der Waals surface area contributed by atoms with E-state index in [0.29, 0.717) is 6.54 Å². The van der Waals surface area contributed by atoms with Crippen molar-refractivity contribution in [2.24, 2.45) is 0 Å². The minimum atomic E-state index is -0.556. The second-order valence-corrected chi connectivity index (χ2v) is 5.36. The molecular weight excluding hydrogens is 228 g/mol. The average Bonchev–Trinajstić information content (AvgIpc) is 2.75. The number of aliphatic hydroxyl groups is 2. The van der Waals surface area contributed by atoms with Crippen molar-refractivity contribution in [3.05, 3.63) is 23.4 Å². The van der Waals surface area contributed by atoms with E-state index in [-0.39, 0.29) is 6.61 Å². The third kappa shape index (κ3) is 2.82. The van der Waals surface area contributed by atoms with Gasteiger partial charge in [0.05, 0.1) is 12.2 Å². The quantitative estimate of drug-likeness (QED) is 0.852. The van der Waals surface area contributed by atoms with Gasteiger partial charge in [-0.3, -0.25) is 0 Å². The number of likely N-dealkylation sites (N-methyl/N-ethyl adjacent to an activating group) is 1. The van der Waals surface area contributed by atoms with E-state index in [1.165, 1.54) is 0 Å². The van der Waals surface area contributed by atoms with Crippen molar-refractivity contribution >= 4 is 5.82 Å². The van der Waals surface area contributed by atoms with E-state index >= 15 is 0 Å². The van der Waals surface area contributed by atoms with E-state index in [1.54, 1.807) is 0 Å². The number of anilines is 1. The van der Waals surface area contributed by atoms with Crippen LogP contribution in [0.1, 0.15) is 36.9 Å². The molecule has 2 rings (SSSR count). The van der Waals surface area contributed by atoms with Gasteiger partial charge in [-0.15, -0.1) is 0 Å². The Morgan fingerprint density at radius 2 is 2.00 bits per heavy atom. The fourth-order valence-corrected chi connectivity index (χ4v) is 2.67. The highest BCUT2D eigenvalue weighted by molar-refractivity contribution is 5.41. The molecule has 2 N–H and O–H groups in total. The highest BCUT2D eigenvalue weighted by Crippen LogP contribution is 2.30. The molecule has 0 saturated heterocycles. The lowest BCUT2D eigenvalue weighted by molar-refractivity contribution is 0.0558. The van der Waals surface area contributed by atoms with Crippen LogP contribution >= 0.6 is 0 Å². The fraction of sp³-hybridized carbons (Fsp3) is 0.643. The molecule has 0 bridgehead atoms. The van der Waals surface area contributed by atoms with Gasteiger partial charge < -0.3 is 15.1 Å². The molecule has 0 amide bonds. The molecule has 1 fully saturated rings. The summed E-state index contributed by atoms with van der Waals surface area (Å²) in [6, 6.07) is 3.80. The molecule has 0 aromatic carbocycles. The lowest BCUT2D eigenvalue weighted by Crippen LogP contribution is -2.39. The molecule has 0 atom stereocenters. The molecule has 1 aromatic rings. The summed E-state index contributed by atoms with van der Waals surface area (Å²) in [5.41, 5.74) is 1.15. The van der Waals surface area contributed by atoms with Gasteiger partial charge in [0.15, 0.2) is 0 Å². The van der Waals surface area contributed by atoms with Crippen molar-refractivity contribution in [2.45, 2.75) is 44.8 Å². The van der Waals surface area contributed by atoms with Gasteiger partial charge in [-0.1, -0.05) is 18.9 Å². The first-order valence-electron chi connectivity index (χ1n) is 6.55. The summed E-state index contributed by atoms with van der Waals surface area (Å²) >= 11 is 0. The van der Waals surface area contributed by atoms with E-state index in [2.05, 4.69) is 4.98 Å². The summed E-state index contributed by atoms with van der Waals surface area (Å²) in [4.78, 5) is 6.47. The SMILES string of the molecule is Cc1nc(N(C)CC2(O)CCCC2)ccc1CO. The lowest BCUT2D eigenvalue weighted by atomic mass is 10.0. The predicted octanol–water partition coefficient (Wildman–Crippen LogP) is 1.62. The molecule has 18 heavy (non-hydrogen) atoms. The Bertz CT molecular complexity index is 414. The predicted molar refractivity (Wildman–Crippen MR) is 71.6 cm³/mol. The molecule has 1 saturated carbocycles. The number of aryl methyl sites for hydroxylation is 1. The van der Waals surface area contributed by atoms with Gasteiger partial charge in [0.1, 0.15) is 5.82 Å². The first-order valence-corrected chi connectivity index (χ1v) is 6.55. The van der Waals surface area contributed by atoms with Gasteiger partial charge in [-0.05, 0) is 31.4 Å². The Hall–Kier alpha value is -1.13. The van der Waals surface area contributed by atoms with Crippen molar-refractivity contribution in [2.75, 3.05) is 18.5 Å². The maximum absolute atomic E-state index is 10.4. The van der Waals surface area contributed by atoms with Crippen LogP contribution in [0.5, 0.6) is 0 Å². The molecule has 1 aliphatic rings. The lowest BCUT2D eigenvalue weighted by Gasteiger charge is -2.29. The molecule has 4 heteroatoms. The first kappa shape index (κ1) is 13.3. The molecule has 0 unspecified atom stereocenters. The Balaban J connectivity index is 2.08. The molecular formula is C14H22N2O2. The van der Waals surface area contributed by atoms with E-state index in [9.17, 15) is 5.11 Å². The van der Waals surface area contributed by atoms with Gasteiger partial charge in [-0.25, -0.2) is 4.98 Å². The number of hydrogen-bond donors (Lipinski definition) is 2. The van der Waals surface area contributed by atoms with Crippen LogP contribution < -0.4 is 4.90 Å². The van der Waals surface area contributed by atoms with Gasteiger partial charge in [0.25, 0.3) is 0 Å². The van der Waals surface area contributed by atoms with Crippen molar-refractivity contribution in [3.8, 4) is 0 Å². The van der Waals surface area contributed by atoms with E-state index < -0.39 is 5.60 Å². The maximum Gasteiger partial charge on any atom is 0.128 e. The minimum absolute atomic E-state index is 0.0206. The first-order chi connectivity index (χ1) is 8.54. The Kier molecular flexibility index (Phi) is 3.88. The molecule has 100 valence electrons. The Morgan fingerprint density at radius 3 is 2.56 bits per heavy atom. The van der Waals surface area contributed by atoms with Gasteiger partial charge in [0, 0.05) is 19.3 Å². The number of hydrogen-bond acceptors (Lipinski definition) is 4. The van der Waals surface area contributed by atoms with E-state index in [0.717, 1.165) is 42.8 Å². The summed E-state index contributed by atoms with van der Waals surface area (Å²) in [5, 5.41) is 19.5. The standard InChI is InChI=1S/C14H22N2O2/c1-11-12(9-17)5-6-13(15-11)16(2)10-14(18)7-3-4-8-14/h5-6,17-18H,3-4,7-10H2,1-2H3. The molecule has 1 aromatic heterocycles. The zero-order valence-electron chi connectivity index (χ0n) is 11.2. The van der Waals surface area contributed by atoms with Gasteiger partial charge in [-0.2, -0.15) is 0 Å². The van der Waals surface area contributed by atoms with Crippen LogP contribution in [0.2, 0.25) is 0 Å². The highest BCUT2D eigenvalue weighted by atomic mass is 16.3. The molecule has 0 radical (unpaired) electrons. The van der Waals surface area contributed by atoms with Gasteiger partial charge in [0.2, 0.25) is 0 Å². The van der Waals surface area contributed by atoms with Crippen molar-refractivity contribution < 1.29 is 10.2 Å². The average molecular weight is 250 g/mol. The number of aliphatic hydroxyl groups excluding tert-OH is 1. The normalized spacial score (nSPS) is 18.0. The summed E-state index contributed by atoms with van der Waals surface area (Å²) in [7, 11) is 1.96. The topological polar surface area (TPSA) is 56.6 Å². The number of rotatable bonds is 4. The van der Waals surface area contributed by atoms with Crippen LogP contribution in [-0.4, -0.2) is 34.4 Å². The third-order valence-electron chi connectivity index (χ3n) is 3.81. The Labute approximate surface area is 108 Å². The second kappa shape index (κ2) is 5.24. The van der Waals surface area contributed by atoms with E-state index in [4.69, 9.17) is 5.11 Å². The van der Waals surface area contributed by atoms with Crippen molar-refractivity contribution in [3.63, 3.8) is 0 Å². The Morgan fingerprint density at radius 1 is 1.33 bits per heavy atom. The minimum Gasteiger partial charge on any atom is -0.392 e. The summed E-state index contributed by atoms with van der Waals surface area (Å²) in [6.07, 6.45) is 3.98. The second-order valence-electron chi connectivity index (χ2n) is 5.36. The van der Waals surface area contributed by atoms with Gasteiger partial charge >= 0.3 is 0 Å². The number of aromatic nitrogens is 1. The monoisotopic (exact) mass is 250 g/mol. The molecule has 0 spiro atoms. The smallest absolute Gasteiger partial charge is 0.128 e. The van der Waals surface area contributed by atoms with E-state index in [1.807, 2.05) is 31.0 Å². The van der Waals surface area contributed by atoms with Crippen molar-refractivity contribution in [1.29, 1.82) is 0 Å². The van der Waals surface area contributed by atoms with Crippen LogP contribution in [0.4, 0.5) is 5.82 Å². The largest absolute Gasteiger partial charge is 0.392 e. The van der Waals surface area contributed by atoms with Crippen LogP contribution in [0, 0.1) is 6.92 Å². The number of nitrogens with zero attached hydrogens (tertiary/aromatic N) is 2. The van der Waals surface area contributed by atoms with Crippen LogP contribution in [0.3, 0.4) is 0 Å². The molecule has 4 nitrogen and oxygen atoms in total. The maximum atomic E-state index is 10.4. The molecule has 1 heterocycles. The van der Waals surface area contributed by atoms with Crippen LogP contribution in [0.25, 0.3) is 0 Å². The zero-order valence-corrected chi connectivity index (χ0v) is 11.2. The number of pyridine rings is 1. The van der Waals surface area contributed by atoms with Crippen molar-refractivity contribution in [1.82, 2.24) is 4.98 Å². The highest BCUT2D eigenvalue weighted by Gasteiger charge is 2.32. The summed E-state index contributed by atoms with van der Waals surface area (Å²) < 4.78 is 0. The third-order valence-corrected chi connectivity index (χ3v) is 3.81. The molecule has 0 aliphatic heterocycles.